The Kier molecular flexibility index (Phi) is 5.55. The number of aryl methyl sites for hydroxylation is 1. The number of benzene rings is 1. The molecule has 27 heavy (non-hydrogen) atoms. The van der Waals surface area contributed by atoms with E-state index in [1.807, 2.05) is 16.9 Å². The van der Waals surface area contributed by atoms with Gasteiger partial charge in [-0.2, -0.15) is 5.10 Å². The third-order valence-corrected chi connectivity index (χ3v) is 5.66. The van der Waals surface area contributed by atoms with Gasteiger partial charge in [-0.3, -0.25) is 9.48 Å². The second kappa shape index (κ2) is 8.23. The second-order valence-electron chi connectivity index (χ2n) is 7.71. The molecule has 0 spiro atoms. The highest BCUT2D eigenvalue weighted by Crippen LogP contribution is 2.27. The van der Waals surface area contributed by atoms with Crippen LogP contribution >= 0.6 is 0 Å². The van der Waals surface area contributed by atoms with E-state index >= 15 is 0 Å². The Bertz CT molecular complexity index is 775. The van der Waals surface area contributed by atoms with Crippen molar-refractivity contribution in [3.8, 4) is 0 Å². The Morgan fingerprint density at radius 2 is 2.26 bits per heavy atom. The summed E-state index contributed by atoms with van der Waals surface area (Å²) in [6.45, 7) is 2.24. The third kappa shape index (κ3) is 4.57. The summed E-state index contributed by atoms with van der Waals surface area (Å²) in [5, 5.41) is 17.5. The van der Waals surface area contributed by atoms with Gasteiger partial charge in [0.2, 0.25) is 5.91 Å². The van der Waals surface area contributed by atoms with E-state index in [1.165, 1.54) is 11.1 Å². The maximum atomic E-state index is 12.4. The molecule has 1 aromatic heterocycles. The molecule has 1 aliphatic carbocycles. The van der Waals surface area contributed by atoms with Gasteiger partial charge in [-0.1, -0.05) is 18.2 Å². The second-order valence-corrected chi connectivity index (χ2v) is 7.71. The Hall–Kier alpha value is -2.18. The van der Waals surface area contributed by atoms with E-state index in [0.717, 1.165) is 31.6 Å². The monoisotopic (exact) mass is 369 g/mol. The van der Waals surface area contributed by atoms with Crippen molar-refractivity contribution in [2.75, 3.05) is 6.61 Å². The standard InChI is InChI=1S/C21H27N3O3/c25-20-12-16(13-24-8-1-7-22-24)11-19(20)23-21(26)5-3-15-2-4-17-6-9-27-14-18(17)10-15/h1-2,4,7-8,10,16,19-20,25H,3,5-6,9,11-14H2,(H,23,26)/t16?,19-,20-/m1/s1. The van der Waals surface area contributed by atoms with Gasteiger partial charge in [-0.05, 0) is 54.4 Å². The number of hydrogen-bond acceptors (Lipinski definition) is 4. The number of aliphatic hydroxyl groups is 1. The van der Waals surface area contributed by atoms with E-state index in [0.29, 0.717) is 31.8 Å². The fourth-order valence-electron chi connectivity index (χ4n) is 4.21. The molecule has 2 heterocycles. The van der Waals surface area contributed by atoms with Crippen LogP contribution in [0, 0.1) is 5.92 Å². The van der Waals surface area contributed by atoms with Gasteiger partial charge in [0.25, 0.3) is 0 Å². The van der Waals surface area contributed by atoms with Crippen molar-refractivity contribution in [2.24, 2.45) is 5.92 Å². The normalized spacial score (nSPS) is 24.6. The Labute approximate surface area is 159 Å². The van der Waals surface area contributed by atoms with Crippen LogP contribution in [0.15, 0.2) is 36.7 Å². The molecule has 0 saturated heterocycles. The van der Waals surface area contributed by atoms with Gasteiger partial charge >= 0.3 is 0 Å². The molecular weight excluding hydrogens is 342 g/mol. The molecule has 144 valence electrons. The fourth-order valence-corrected chi connectivity index (χ4v) is 4.21. The lowest BCUT2D eigenvalue weighted by molar-refractivity contribution is -0.122. The molecule has 4 rings (SSSR count). The predicted octanol–water partition coefficient (Wildman–Crippen LogP) is 1.84. The van der Waals surface area contributed by atoms with Gasteiger partial charge in [-0.25, -0.2) is 0 Å². The maximum absolute atomic E-state index is 12.4. The van der Waals surface area contributed by atoms with Gasteiger partial charge in [0.15, 0.2) is 0 Å². The number of fused-ring (bicyclic) bond motifs is 1. The maximum Gasteiger partial charge on any atom is 0.220 e. The van der Waals surface area contributed by atoms with Crippen LogP contribution in [0.2, 0.25) is 0 Å². The number of amides is 1. The zero-order valence-electron chi connectivity index (χ0n) is 15.5. The van der Waals surface area contributed by atoms with Crippen LogP contribution in [-0.2, 0) is 35.5 Å². The molecule has 6 nitrogen and oxygen atoms in total. The zero-order chi connectivity index (χ0) is 18.6. The number of carbonyl (C=O) groups excluding carboxylic acids is 1. The van der Waals surface area contributed by atoms with Crippen molar-refractivity contribution in [1.29, 1.82) is 0 Å². The molecule has 1 aromatic carbocycles. The molecule has 1 unspecified atom stereocenters. The lowest BCUT2D eigenvalue weighted by Gasteiger charge is -2.18. The van der Waals surface area contributed by atoms with Crippen LogP contribution in [0.4, 0.5) is 0 Å². The number of nitrogens with one attached hydrogen (secondary N) is 1. The third-order valence-electron chi connectivity index (χ3n) is 5.66. The van der Waals surface area contributed by atoms with Gasteiger partial charge < -0.3 is 15.2 Å². The first kappa shape index (κ1) is 18.2. The van der Waals surface area contributed by atoms with E-state index in [1.54, 1.807) is 6.20 Å². The molecule has 2 aromatic rings. The zero-order valence-corrected chi connectivity index (χ0v) is 15.5. The first-order chi connectivity index (χ1) is 13.2. The highest BCUT2D eigenvalue weighted by atomic mass is 16.5. The summed E-state index contributed by atoms with van der Waals surface area (Å²) >= 11 is 0. The van der Waals surface area contributed by atoms with Crippen molar-refractivity contribution in [1.82, 2.24) is 15.1 Å². The van der Waals surface area contributed by atoms with Gasteiger partial charge in [0, 0.05) is 25.4 Å². The van der Waals surface area contributed by atoms with Crippen LogP contribution in [0.3, 0.4) is 0 Å². The average molecular weight is 369 g/mol. The van der Waals surface area contributed by atoms with E-state index in [9.17, 15) is 9.90 Å². The SMILES string of the molecule is O=C(CCc1ccc2c(c1)COCC2)N[C@@H]1CC(Cn2cccn2)C[C@H]1O. The minimum Gasteiger partial charge on any atom is -0.391 e. The number of rotatable bonds is 6. The molecule has 0 radical (unpaired) electrons. The summed E-state index contributed by atoms with van der Waals surface area (Å²) < 4.78 is 7.40. The molecule has 1 saturated carbocycles. The summed E-state index contributed by atoms with van der Waals surface area (Å²) in [5.74, 6) is 0.346. The Morgan fingerprint density at radius 1 is 1.33 bits per heavy atom. The largest absolute Gasteiger partial charge is 0.391 e. The van der Waals surface area contributed by atoms with Gasteiger partial charge in [0.05, 0.1) is 25.4 Å². The Morgan fingerprint density at radius 3 is 3.11 bits per heavy atom. The fraction of sp³-hybridized carbons (Fsp3) is 0.524. The van der Waals surface area contributed by atoms with Gasteiger partial charge in [0.1, 0.15) is 0 Å². The van der Waals surface area contributed by atoms with E-state index in [4.69, 9.17) is 4.74 Å². The summed E-state index contributed by atoms with van der Waals surface area (Å²) in [7, 11) is 0. The highest BCUT2D eigenvalue weighted by molar-refractivity contribution is 5.76. The molecule has 1 fully saturated rings. The number of nitrogens with zero attached hydrogens (tertiary/aromatic N) is 2. The van der Waals surface area contributed by atoms with E-state index in [2.05, 4.69) is 28.6 Å². The van der Waals surface area contributed by atoms with Crippen LogP contribution in [0.1, 0.15) is 36.0 Å². The lowest BCUT2D eigenvalue weighted by Crippen LogP contribution is -2.40. The number of aliphatic hydroxyl groups excluding tert-OH is 1. The number of hydrogen-bond donors (Lipinski definition) is 2. The van der Waals surface area contributed by atoms with Crippen LogP contribution in [0.5, 0.6) is 0 Å². The average Bonchev–Trinajstić information content (AvgIpc) is 3.30. The Balaban J connectivity index is 1.25. The molecule has 1 aliphatic heterocycles. The molecule has 0 bridgehead atoms. The number of carbonyl (C=O) groups is 1. The summed E-state index contributed by atoms with van der Waals surface area (Å²) in [4.78, 5) is 12.4. The van der Waals surface area contributed by atoms with Crippen molar-refractivity contribution >= 4 is 5.91 Å². The molecule has 1 amide bonds. The number of aromatic nitrogens is 2. The number of ether oxygens (including phenoxy) is 1. The minimum atomic E-state index is -0.476. The first-order valence-corrected chi connectivity index (χ1v) is 9.80. The van der Waals surface area contributed by atoms with Crippen LogP contribution < -0.4 is 5.32 Å². The predicted molar refractivity (Wildman–Crippen MR) is 101 cm³/mol. The minimum absolute atomic E-state index is 0.00719. The van der Waals surface area contributed by atoms with Crippen molar-refractivity contribution in [3.05, 3.63) is 53.3 Å². The summed E-state index contributed by atoms with van der Waals surface area (Å²) in [5.41, 5.74) is 3.76. The molecular formula is C21H27N3O3. The quantitative estimate of drug-likeness (QED) is 0.815. The van der Waals surface area contributed by atoms with Crippen LogP contribution in [0.25, 0.3) is 0 Å². The van der Waals surface area contributed by atoms with Crippen molar-refractivity contribution in [3.63, 3.8) is 0 Å². The molecule has 6 heteroatoms. The van der Waals surface area contributed by atoms with Crippen LogP contribution in [-0.4, -0.2) is 39.5 Å². The summed E-state index contributed by atoms with van der Waals surface area (Å²) in [6.07, 6.45) is 6.83. The van der Waals surface area contributed by atoms with Crippen molar-refractivity contribution in [2.45, 2.75) is 57.4 Å². The smallest absolute Gasteiger partial charge is 0.220 e. The molecule has 2 N–H and O–H groups in total. The molecule has 3 atom stereocenters. The lowest BCUT2D eigenvalue weighted by atomic mass is 9.98. The highest BCUT2D eigenvalue weighted by Gasteiger charge is 2.34. The topological polar surface area (TPSA) is 76.4 Å². The van der Waals surface area contributed by atoms with Crippen molar-refractivity contribution < 1.29 is 14.6 Å². The molecule has 2 aliphatic rings. The first-order valence-electron chi connectivity index (χ1n) is 9.80. The van der Waals surface area contributed by atoms with Gasteiger partial charge in [-0.15, -0.1) is 0 Å². The summed E-state index contributed by atoms with van der Waals surface area (Å²) in [6, 6.07) is 8.17. The van der Waals surface area contributed by atoms with E-state index in [-0.39, 0.29) is 11.9 Å². The van der Waals surface area contributed by atoms with E-state index < -0.39 is 6.10 Å².